The van der Waals surface area contributed by atoms with Gasteiger partial charge in [0.05, 0.1) is 0 Å². The van der Waals surface area contributed by atoms with Gasteiger partial charge in [-0.05, 0) is 0 Å². The first-order chi connectivity index (χ1) is 23.9. The average Bonchev–Trinajstić information content (AvgIpc) is 3.92. The number of alkyl halides is 3. The normalized spacial score (nSPS) is 9.74. The first kappa shape index (κ1) is 52.6. The molecular weight excluding hydrogens is 904 g/mol. The van der Waals surface area contributed by atoms with E-state index in [9.17, 15) is 13.2 Å². The second kappa shape index (κ2) is 28.9. The third-order valence-corrected chi connectivity index (χ3v) is 7.04. The maximum absolute atomic E-state index is 10.7. The summed E-state index contributed by atoms with van der Waals surface area (Å²) in [6.07, 6.45) is 0. The summed E-state index contributed by atoms with van der Waals surface area (Å²) in [5.74, 6) is 0. The van der Waals surface area contributed by atoms with Gasteiger partial charge in [0.1, 0.15) is 0 Å². The zero-order valence-corrected chi connectivity index (χ0v) is 38.3. The van der Waals surface area contributed by atoms with E-state index in [0.29, 0.717) is 0 Å². The molecule has 3 nitrogen and oxygen atoms in total. The number of hydrogen-bond acceptors (Lipinski definition) is 3. The van der Waals surface area contributed by atoms with Gasteiger partial charge in [0.25, 0.3) is 0 Å². The molecule has 53 heavy (non-hydrogen) atoms. The Bertz CT molecular complexity index is 1790. The van der Waals surface area contributed by atoms with E-state index in [1.165, 1.54) is 43.1 Å². The van der Waals surface area contributed by atoms with Gasteiger partial charge < -0.3 is 17.0 Å². The fourth-order valence-electron chi connectivity index (χ4n) is 4.28. The molecule has 0 aromatic heterocycles. The van der Waals surface area contributed by atoms with E-state index in [0.717, 1.165) is 19.0 Å². The second-order valence-electron chi connectivity index (χ2n) is 10.5. The van der Waals surface area contributed by atoms with Crippen LogP contribution >= 0.6 is 0 Å². The number of benzene rings is 4. The van der Waals surface area contributed by atoms with Crippen molar-refractivity contribution in [3.05, 3.63) is 170 Å². The summed E-state index contributed by atoms with van der Waals surface area (Å²) in [4.78, 5) is 0. The van der Waals surface area contributed by atoms with Crippen molar-refractivity contribution in [2.75, 3.05) is 0 Å². The van der Waals surface area contributed by atoms with Crippen molar-refractivity contribution in [3.8, 4) is 0 Å². The molecule has 0 aliphatic carbocycles. The molecule has 0 atom stereocenters. The second-order valence-corrected chi connectivity index (χ2v) is 13.9. The van der Waals surface area contributed by atoms with Gasteiger partial charge in [0.15, 0.2) is 10.1 Å². The number of fused-ring (bicyclic) bond motifs is 4. The Labute approximate surface area is 361 Å². The van der Waals surface area contributed by atoms with E-state index in [1.807, 2.05) is 0 Å². The number of rotatable bonds is 0. The van der Waals surface area contributed by atoms with Gasteiger partial charge in [-0.1, -0.05) is 50.5 Å². The molecule has 0 amide bonds. The van der Waals surface area contributed by atoms with Crippen molar-refractivity contribution in [1.29, 1.82) is 0 Å². The van der Waals surface area contributed by atoms with Crippen molar-refractivity contribution in [2.24, 2.45) is 0 Å². The molecule has 8 rings (SSSR count). The standard InChI is InChI=1S/4C9H7.2C2H6Si.CHF3O3S.ClH.2Zr/c4*1-2-5-9-7-3-6-8(9)4-1;2*1-3-2;2-1(3,4)8(5,6)7;;;/h4*1-7H;2*1-2H3;(H,5,6,7);1H;;/q4*-1;;;;;2*+3/p-2. The molecule has 12 heteroatoms. The molecule has 6 radical (unpaired) electrons. The molecular formula is C41H40ClF3O3SSi2Zr2. The van der Waals surface area contributed by atoms with Crippen molar-refractivity contribution < 1.29 is 91.0 Å². The Hall–Kier alpha value is -2.49. The Balaban J connectivity index is 0. The van der Waals surface area contributed by atoms with Crippen LogP contribution in [0.25, 0.3) is 43.1 Å². The van der Waals surface area contributed by atoms with Crippen LogP contribution in [0.3, 0.4) is 0 Å². The molecule has 0 unspecified atom stereocenters. The molecule has 272 valence electrons. The minimum Gasteiger partial charge on any atom is -1.00 e. The molecule has 0 saturated carbocycles. The quantitative estimate of drug-likeness (QED) is 0.0662. The predicted molar refractivity (Wildman–Crippen MR) is 209 cm³/mol. The van der Waals surface area contributed by atoms with E-state index >= 15 is 0 Å². The van der Waals surface area contributed by atoms with Crippen LogP contribution in [0.4, 0.5) is 13.2 Å². The van der Waals surface area contributed by atoms with E-state index < -0.39 is 15.6 Å². The first-order valence-electron chi connectivity index (χ1n) is 15.6. The topological polar surface area (TPSA) is 57.2 Å². The summed E-state index contributed by atoms with van der Waals surface area (Å²) in [5, 5.41) is 10.6. The molecule has 0 saturated heterocycles. The molecule has 0 aliphatic heterocycles. The summed E-state index contributed by atoms with van der Waals surface area (Å²) in [6, 6.07) is 58.7. The van der Waals surface area contributed by atoms with Gasteiger partial charge >= 0.3 is 57.9 Å². The third-order valence-electron chi connectivity index (χ3n) is 6.47. The molecule has 8 aromatic rings. The van der Waals surface area contributed by atoms with E-state index in [4.69, 9.17) is 13.0 Å². The largest absolute Gasteiger partial charge is 3.00 e. The zero-order chi connectivity index (χ0) is 36.8. The summed E-state index contributed by atoms with van der Waals surface area (Å²) >= 11 is 0. The van der Waals surface area contributed by atoms with Gasteiger partial charge in [-0.2, -0.15) is 83.2 Å². The Kier molecular flexibility index (Phi) is 28.7. The third kappa shape index (κ3) is 20.1. The molecule has 0 bridgehead atoms. The monoisotopic (exact) mass is 940 g/mol. The molecule has 0 aliphatic rings. The zero-order valence-electron chi connectivity index (χ0n) is 29.8. The Morgan fingerprint density at radius 3 is 0.792 bits per heavy atom. The van der Waals surface area contributed by atoms with Crippen LogP contribution in [0.1, 0.15) is 0 Å². The van der Waals surface area contributed by atoms with E-state index in [1.54, 1.807) is 0 Å². The summed E-state index contributed by atoms with van der Waals surface area (Å²) in [5.41, 5.74) is -5.65. The SMILES string of the molecule is C[Si]C.C[Si]C.O=S(=O)([O-])C(F)(F)F.[Cl-].[Zr+3].[Zr+3].c1ccc2[cH-]ccc2c1.c1ccc2[cH-]ccc2c1.c1ccc2[cH-]ccc2c1.c1ccc2[cH-]ccc2c1. The smallest absolute Gasteiger partial charge is 1.00 e. The summed E-state index contributed by atoms with van der Waals surface area (Å²) in [6.45, 7) is 8.61. The molecule has 0 fully saturated rings. The van der Waals surface area contributed by atoms with Gasteiger partial charge in [0, 0.05) is 19.0 Å². The van der Waals surface area contributed by atoms with Crippen LogP contribution in [-0.4, -0.2) is 37.5 Å². The van der Waals surface area contributed by atoms with Gasteiger partial charge in [0.2, 0.25) is 0 Å². The Morgan fingerprint density at radius 2 is 0.642 bits per heavy atom. The molecule has 0 spiro atoms. The van der Waals surface area contributed by atoms with Crippen LogP contribution in [0, 0.1) is 0 Å². The number of hydrogen-bond donors (Lipinski definition) is 0. The summed E-state index contributed by atoms with van der Waals surface area (Å²) in [7, 11) is -3.92. The van der Waals surface area contributed by atoms with Gasteiger partial charge in [-0.3, -0.25) is 0 Å². The van der Waals surface area contributed by atoms with E-state index in [-0.39, 0.29) is 64.8 Å². The maximum Gasteiger partial charge on any atom is 3.00 e. The minimum absolute atomic E-state index is 0. The van der Waals surface area contributed by atoms with Gasteiger partial charge in [-0.25, -0.2) is 8.42 Å². The van der Waals surface area contributed by atoms with Crippen LogP contribution in [0.2, 0.25) is 26.2 Å². The Morgan fingerprint density at radius 1 is 0.472 bits per heavy atom. The van der Waals surface area contributed by atoms with Crippen LogP contribution in [0.5, 0.6) is 0 Å². The van der Waals surface area contributed by atoms with Crippen LogP contribution < -0.4 is 12.4 Å². The fourth-order valence-corrected chi connectivity index (χ4v) is 4.28. The van der Waals surface area contributed by atoms with Gasteiger partial charge in [-0.15, -0.1) is 119 Å². The van der Waals surface area contributed by atoms with Crippen molar-refractivity contribution in [1.82, 2.24) is 0 Å². The fraction of sp³-hybridized carbons (Fsp3) is 0.122. The first-order valence-corrected chi connectivity index (χ1v) is 21.0. The molecule has 8 aromatic carbocycles. The predicted octanol–water partition coefficient (Wildman–Crippen LogP) is 8.86. The van der Waals surface area contributed by atoms with E-state index in [2.05, 4.69) is 196 Å². The molecule has 0 heterocycles. The van der Waals surface area contributed by atoms with Crippen LogP contribution in [0.15, 0.2) is 170 Å². The summed E-state index contributed by atoms with van der Waals surface area (Å²) < 4.78 is 58.9. The molecule has 0 N–H and O–H groups in total. The minimum atomic E-state index is -6.09. The average molecular weight is 944 g/mol. The van der Waals surface area contributed by atoms with Crippen LogP contribution in [-0.2, 0) is 62.5 Å². The number of halogens is 4. The van der Waals surface area contributed by atoms with Crippen molar-refractivity contribution in [3.63, 3.8) is 0 Å². The van der Waals surface area contributed by atoms with Crippen molar-refractivity contribution in [2.45, 2.75) is 31.7 Å². The maximum atomic E-state index is 10.7. The van der Waals surface area contributed by atoms with Crippen molar-refractivity contribution >= 4 is 72.2 Å².